The quantitative estimate of drug-likeness (QED) is 0.712. The normalized spacial score (nSPS) is 14.3. The molecule has 1 aliphatic carbocycles. The first-order valence-electron chi connectivity index (χ1n) is 8.32. The zero-order chi connectivity index (χ0) is 19.4. The summed E-state index contributed by atoms with van der Waals surface area (Å²) in [5.74, 6) is -0.495. The molecule has 1 fully saturated rings. The molecule has 1 saturated carbocycles. The highest BCUT2D eigenvalue weighted by atomic mass is 32.2. The molecule has 0 heterocycles. The number of carbonyl (C=O) groups is 1. The minimum atomic E-state index is -3.65. The molecule has 0 atom stereocenters. The van der Waals surface area contributed by atoms with Crippen LogP contribution in [0.25, 0.3) is 6.08 Å². The largest absolute Gasteiger partial charge is 0.495 e. The predicted octanol–water partition coefficient (Wildman–Crippen LogP) is 2.93. The highest BCUT2D eigenvalue weighted by molar-refractivity contribution is 7.89. The molecule has 0 aliphatic heterocycles. The predicted molar refractivity (Wildman–Crippen MR) is 100 cm³/mol. The second-order valence-corrected chi connectivity index (χ2v) is 7.85. The number of hydrogen-bond donors (Lipinski definition) is 2. The van der Waals surface area contributed by atoms with Crippen LogP contribution in [0.1, 0.15) is 18.4 Å². The molecule has 142 valence electrons. The van der Waals surface area contributed by atoms with Gasteiger partial charge in [-0.3, -0.25) is 4.79 Å². The average Bonchev–Trinajstić information content (AvgIpc) is 3.44. The Balaban J connectivity index is 1.76. The van der Waals surface area contributed by atoms with Gasteiger partial charge in [-0.1, -0.05) is 12.1 Å². The molecule has 27 heavy (non-hydrogen) atoms. The van der Waals surface area contributed by atoms with Crippen LogP contribution < -0.4 is 14.8 Å². The van der Waals surface area contributed by atoms with Gasteiger partial charge in [0.15, 0.2) is 0 Å². The van der Waals surface area contributed by atoms with Crippen molar-refractivity contribution in [3.8, 4) is 5.75 Å². The van der Waals surface area contributed by atoms with E-state index in [1.165, 1.54) is 61.7 Å². The van der Waals surface area contributed by atoms with Gasteiger partial charge in [0, 0.05) is 12.1 Å². The van der Waals surface area contributed by atoms with Gasteiger partial charge in [0.2, 0.25) is 15.9 Å². The van der Waals surface area contributed by atoms with Crippen LogP contribution in [0.15, 0.2) is 53.4 Å². The van der Waals surface area contributed by atoms with Gasteiger partial charge in [-0.05, 0) is 54.8 Å². The van der Waals surface area contributed by atoms with Crippen molar-refractivity contribution in [1.82, 2.24) is 4.72 Å². The average molecular weight is 390 g/mol. The Hall–Kier alpha value is -2.71. The Labute approximate surface area is 157 Å². The van der Waals surface area contributed by atoms with Crippen molar-refractivity contribution in [2.45, 2.75) is 23.8 Å². The van der Waals surface area contributed by atoms with E-state index in [0.717, 1.165) is 12.8 Å². The van der Waals surface area contributed by atoms with Gasteiger partial charge in [-0.15, -0.1) is 0 Å². The number of amides is 1. The Bertz CT molecular complexity index is 968. The molecule has 0 unspecified atom stereocenters. The smallest absolute Gasteiger partial charge is 0.248 e. The number of carbonyl (C=O) groups excluding carboxylic acids is 1. The van der Waals surface area contributed by atoms with Gasteiger partial charge >= 0.3 is 0 Å². The SMILES string of the molecule is COc1ccc(S(=O)(=O)NC2CC2)cc1NC(=O)/C=C/c1ccc(F)cc1. The van der Waals surface area contributed by atoms with Crippen LogP contribution in [0.3, 0.4) is 0 Å². The van der Waals surface area contributed by atoms with E-state index >= 15 is 0 Å². The van der Waals surface area contributed by atoms with E-state index in [1.54, 1.807) is 0 Å². The van der Waals surface area contributed by atoms with Crippen molar-refractivity contribution in [2.75, 3.05) is 12.4 Å². The molecule has 2 aromatic rings. The Morgan fingerprint density at radius 2 is 1.89 bits per heavy atom. The summed E-state index contributed by atoms with van der Waals surface area (Å²) < 4.78 is 45.4. The first kappa shape index (κ1) is 19.1. The number of nitrogens with one attached hydrogen (secondary N) is 2. The molecule has 0 saturated heterocycles. The van der Waals surface area contributed by atoms with Crippen LogP contribution in [0, 0.1) is 5.82 Å². The zero-order valence-corrected chi connectivity index (χ0v) is 15.4. The molecular weight excluding hydrogens is 371 g/mol. The summed E-state index contributed by atoms with van der Waals surface area (Å²) in [5, 5.41) is 2.61. The van der Waals surface area contributed by atoms with Crippen molar-refractivity contribution >= 4 is 27.7 Å². The standard InChI is InChI=1S/C19H19FN2O4S/c1-26-18-10-9-16(27(24,25)22-15-7-8-15)12-17(18)21-19(23)11-4-13-2-5-14(20)6-3-13/h2-6,9-12,15,22H,7-8H2,1H3,(H,21,23)/b11-4+. The van der Waals surface area contributed by atoms with Crippen LogP contribution >= 0.6 is 0 Å². The zero-order valence-electron chi connectivity index (χ0n) is 14.6. The molecule has 2 N–H and O–H groups in total. The third-order valence-corrected chi connectivity index (χ3v) is 5.45. The van der Waals surface area contributed by atoms with E-state index in [9.17, 15) is 17.6 Å². The van der Waals surface area contributed by atoms with Gasteiger partial charge in [-0.2, -0.15) is 0 Å². The fraction of sp³-hybridized carbons (Fsp3) is 0.211. The monoisotopic (exact) mass is 390 g/mol. The van der Waals surface area contributed by atoms with Crippen LogP contribution in [0.2, 0.25) is 0 Å². The molecule has 0 bridgehead atoms. The van der Waals surface area contributed by atoms with Crippen molar-refractivity contribution < 1.29 is 22.3 Å². The lowest BCUT2D eigenvalue weighted by Crippen LogP contribution is -2.25. The molecule has 6 nitrogen and oxygen atoms in total. The highest BCUT2D eigenvalue weighted by Gasteiger charge is 2.28. The van der Waals surface area contributed by atoms with Crippen molar-refractivity contribution in [3.63, 3.8) is 0 Å². The fourth-order valence-electron chi connectivity index (χ4n) is 2.36. The Morgan fingerprint density at radius 1 is 1.19 bits per heavy atom. The lowest BCUT2D eigenvalue weighted by Gasteiger charge is -2.12. The molecule has 0 aromatic heterocycles. The van der Waals surface area contributed by atoms with E-state index in [2.05, 4.69) is 10.0 Å². The number of sulfonamides is 1. The van der Waals surface area contributed by atoms with Crippen molar-refractivity contribution in [2.24, 2.45) is 0 Å². The van der Waals surface area contributed by atoms with Gasteiger partial charge in [-0.25, -0.2) is 17.5 Å². The van der Waals surface area contributed by atoms with Crippen LogP contribution in [0.5, 0.6) is 5.75 Å². The Morgan fingerprint density at radius 3 is 2.52 bits per heavy atom. The summed E-state index contributed by atoms with van der Waals surface area (Å²) in [4.78, 5) is 12.2. The highest BCUT2D eigenvalue weighted by Crippen LogP contribution is 2.29. The molecule has 1 aliphatic rings. The van der Waals surface area contributed by atoms with E-state index in [0.29, 0.717) is 11.3 Å². The first-order chi connectivity index (χ1) is 12.9. The molecular formula is C19H19FN2O4S. The van der Waals surface area contributed by atoms with Gasteiger partial charge in [0.1, 0.15) is 11.6 Å². The Kier molecular flexibility index (Phi) is 5.57. The van der Waals surface area contributed by atoms with Gasteiger partial charge in [0.05, 0.1) is 17.7 Å². The molecule has 3 rings (SSSR count). The number of hydrogen-bond acceptors (Lipinski definition) is 4. The van der Waals surface area contributed by atoms with Crippen molar-refractivity contribution in [1.29, 1.82) is 0 Å². The third-order valence-electron chi connectivity index (χ3n) is 3.94. The second-order valence-electron chi connectivity index (χ2n) is 6.13. The maximum atomic E-state index is 12.9. The summed E-state index contributed by atoms with van der Waals surface area (Å²) in [7, 11) is -2.22. The first-order valence-corrected chi connectivity index (χ1v) is 9.81. The second kappa shape index (κ2) is 7.89. The minimum absolute atomic E-state index is 0.0196. The lowest BCUT2D eigenvalue weighted by atomic mass is 10.2. The topological polar surface area (TPSA) is 84.5 Å². The molecule has 0 radical (unpaired) electrons. The van der Waals surface area contributed by atoms with E-state index < -0.39 is 15.9 Å². The third kappa shape index (κ3) is 5.15. The summed E-state index contributed by atoms with van der Waals surface area (Å²) >= 11 is 0. The van der Waals surface area contributed by atoms with E-state index in [4.69, 9.17) is 4.74 Å². The lowest BCUT2D eigenvalue weighted by molar-refractivity contribution is -0.111. The number of rotatable bonds is 7. The summed E-state index contributed by atoms with van der Waals surface area (Å²) in [5.41, 5.74) is 0.897. The minimum Gasteiger partial charge on any atom is -0.495 e. The van der Waals surface area contributed by atoms with Crippen LogP contribution in [0.4, 0.5) is 10.1 Å². The molecule has 8 heteroatoms. The number of methoxy groups -OCH3 is 1. The van der Waals surface area contributed by atoms with Crippen molar-refractivity contribution in [3.05, 3.63) is 59.9 Å². The van der Waals surface area contributed by atoms with E-state index in [1.807, 2.05) is 0 Å². The molecule has 0 spiro atoms. The fourth-order valence-corrected chi connectivity index (χ4v) is 3.69. The summed E-state index contributed by atoms with van der Waals surface area (Å²) in [6.07, 6.45) is 4.45. The maximum absolute atomic E-state index is 12.9. The van der Waals surface area contributed by atoms with Crippen LogP contribution in [-0.4, -0.2) is 27.5 Å². The van der Waals surface area contributed by atoms with Gasteiger partial charge in [0.25, 0.3) is 0 Å². The molecule has 2 aromatic carbocycles. The maximum Gasteiger partial charge on any atom is 0.248 e. The number of halogens is 1. The number of ether oxygens (including phenoxy) is 1. The number of anilines is 1. The summed E-state index contributed by atoms with van der Waals surface area (Å²) in [6, 6.07) is 9.91. The van der Waals surface area contributed by atoms with Gasteiger partial charge < -0.3 is 10.1 Å². The number of benzene rings is 2. The summed E-state index contributed by atoms with van der Waals surface area (Å²) in [6.45, 7) is 0. The van der Waals surface area contributed by atoms with Crippen LogP contribution in [-0.2, 0) is 14.8 Å². The van der Waals surface area contributed by atoms with E-state index in [-0.39, 0.29) is 22.4 Å². The molecule has 1 amide bonds.